The molecule has 2 aromatic rings. The van der Waals surface area contributed by atoms with Gasteiger partial charge in [-0.3, -0.25) is 4.68 Å². The van der Waals surface area contributed by atoms with E-state index in [1.54, 1.807) is 29.3 Å². The predicted octanol–water partition coefficient (Wildman–Crippen LogP) is 2.55. The van der Waals surface area contributed by atoms with E-state index < -0.39 is 6.10 Å². The molecule has 0 aliphatic rings. The van der Waals surface area contributed by atoms with Gasteiger partial charge in [0.2, 0.25) is 0 Å². The zero-order valence-corrected chi connectivity index (χ0v) is 11.5. The smallest absolute Gasteiger partial charge is 0.162 e. The fourth-order valence-corrected chi connectivity index (χ4v) is 2.78. The number of thiophene rings is 1. The summed E-state index contributed by atoms with van der Waals surface area (Å²) in [6, 6.07) is 4.18. The third kappa shape index (κ3) is 2.91. The van der Waals surface area contributed by atoms with E-state index in [0.717, 1.165) is 18.5 Å². The summed E-state index contributed by atoms with van der Waals surface area (Å²) in [6.45, 7) is 0. The summed E-state index contributed by atoms with van der Waals surface area (Å²) in [7, 11) is 3.42. The van der Waals surface area contributed by atoms with Crippen molar-refractivity contribution in [3.63, 3.8) is 0 Å². The summed E-state index contributed by atoms with van der Waals surface area (Å²) < 4.78 is 6.87. The van der Waals surface area contributed by atoms with Crippen LogP contribution in [0.3, 0.4) is 0 Å². The molecule has 0 aliphatic heterocycles. The first-order valence-corrected chi connectivity index (χ1v) is 6.86. The fraction of sp³-hybridized carbons (Fsp3) is 0.462. The number of hydrogen-bond acceptors (Lipinski definition) is 4. The van der Waals surface area contributed by atoms with E-state index >= 15 is 0 Å². The molecule has 4 nitrogen and oxygen atoms in total. The van der Waals surface area contributed by atoms with Gasteiger partial charge in [-0.2, -0.15) is 5.10 Å². The molecule has 1 atom stereocenters. The molecular weight excluding hydrogens is 248 g/mol. The molecule has 98 valence electrons. The van der Waals surface area contributed by atoms with E-state index in [0.29, 0.717) is 12.2 Å². The Morgan fingerprint density at radius 2 is 2.39 bits per heavy atom. The van der Waals surface area contributed by atoms with Crippen molar-refractivity contribution >= 4 is 11.3 Å². The highest BCUT2D eigenvalue weighted by atomic mass is 32.1. The molecule has 0 bridgehead atoms. The highest BCUT2D eigenvalue weighted by Gasteiger charge is 2.17. The van der Waals surface area contributed by atoms with Gasteiger partial charge in [-0.05, 0) is 30.7 Å². The average Bonchev–Trinajstić information content (AvgIpc) is 2.98. The zero-order valence-electron chi connectivity index (χ0n) is 10.7. The van der Waals surface area contributed by atoms with Gasteiger partial charge >= 0.3 is 0 Å². The van der Waals surface area contributed by atoms with Gasteiger partial charge in [0.15, 0.2) is 5.75 Å². The summed E-state index contributed by atoms with van der Waals surface area (Å²) in [5, 5.41) is 16.4. The fourth-order valence-electron chi connectivity index (χ4n) is 2.03. The number of ether oxygens (including phenoxy) is 1. The summed E-state index contributed by atoms with van der Waals surface area (Å²) in [5.74, 6) is 0.654. The predicted molar refractivity (Wildman–Crippen MR) is 72.0 cm³/mol. The van der Waals surface area contributed by atoms with Crippen LogP contribution in [0.4, 0.5) is 0 Å². The van der Waals surface area contributed by atoms with E-state index in [1.165, 1.54) is 4.88 Å². The van der Waals surface area contributed by atoms with Gasteiger partial charge < -0.3 is 9.84 Å². The van der Waals surface area contributed by atoms with Gasteiger partial charge in [0.1, 0.15) is 5.69 Å². The van der Waals surface area contributed by atoms with Crippen LogP contribution in [-0.2, 0) is 13.5 Å². The molecule has 0 aromatic carbocycles. The number of aryl methyl sites for hydroxylation is 2. The minimum Gasteiger partial charge on any atom is -0.493 e. The van der Waals surface area contributed by atoms with Gasteiger partial charge in [0, 0.05) is 11.9 Å². The Morgan fingerprint density at radius 1 is 1.56 bits per heavy atom. The van der Waals surface area contributed by atoms with Crippen molar-refractivity contribution in [3.05, 3.63) is 34.3 Å². The van der Waals surface area contributed by atoms with Crippen molar-refractivity contribution in [2.24, 2.45) is 7.05 Å². The SMILES string of the molecule is COc1cnn(C)c1C(O)CCCc1cccs1. The van der Waals surface area contributed by atoms with Crippen molar-refractivity contribution < 1.29 is 9.84 Å². The Kier molecular flexibility index (Phi) is 4.38. The topological polar surface area (TPSA) is 47.3 Å². The second kappa shape index (κ2) is 6.02. The first-order valence-electron chi connectivity index (χ1n) is 5.98. The number of aliphatic hydroxyl groups is 1. The van der Waals surface area contributed by atoms with Crippen LogP contribution in [0, 0.1) is 0 Å². The number of aromatic nitrogens is 2. The summed E-state index contributed by atoms with van der Waals surface area (Å²) in [6.07, 6.45) is 3.80. The second-order valence-corrected chi connectivity index (χ2v) is 5.24. The third-order valence-corrected chi connectivity index (χ3v) is 3.90. The molecule has 5 heteroatoms. The van der Waals surface area contributed by atoms with Crippen LogP contribution < -0.4 is 4.74 Å². The van der Waals surface area contributed by atoms with E-state index in [9.17, 15) is 5.11 Å². The summed E-state index contributed by atoms with van der Waals surface area (Å²) >= 11 is 1.76. The van der Waals surface area contributed by atoms with Crippen molar-refractivity contribution in [1.29, 1.82) is 0 Å². The lowest BCUT2D eigenvalue weighted by atomic mass is 10.1. The molecular formula is C13H18N2O2S. The lowest BCUT2D eigenvalue weighted by Gasteiger charge is -2.12. The molecule has 2 heterocycles. The lowest BCUT2D eigenvalue weighted by Crippen LogP contribution is -2.07. The molecule has 18 heavy (non-hydrogen) atoms. The van der Waals surface area contributed by atoms with Crippen LogP contribution in [0.15, 0.2) is 23.7 Å². The van der Waals surface area contributed by atoms with Gasteiger partial charge in [-0.15, -0.1) is 11.3 Å². The number of rotatable bonds is 6. The van der Waals surface area contributed by atoms with Crippen molar-refractivity contribution in [3.8, 4) is 5.75 Å². The first kappa shape index (κ1) is 13.1. The van der Waals surface area contributed by atoms with Crippen LogP contribution in [0.25, 0.3) is 0 Å². The van der Waals surface area contributed by atoms with Gasteiger partial charge in [-0.1, -0.05) is 6.07 Å². The average molecular weight is 266 g/mol. The second-order valence-electron chi connectivity index (χ2n) is 4.21. The van der Waals surface area contributed by atoms with Crippen molar-refractivity contribution in [1.82, 2.24) is 9.78 Å². The van der Waals surface area contributed by atoms with Crippen LogP contribution >= 0.6 is 11.3 Å². The van der Waals surface area contributed by atoms with Crippen molar-refractivity contribution in [2.75, 3.05) is 7.11 Å². The van der Waals surface area contributed by atoms with E-state index in [-0.39, 0.29) is 0 Å². The van der Waals surface area contributed by atoms with Crippen molar-refractivity contribution in [2.45, 2.75) is 25.4 Å². The van der Waals surface area contributed by atoms with E-state index in [2.05, 4.69) is 22.6 Å². The number of nitrogens with zero attached hydrogens (tertiary/aromatic N) is 2. The Morgan fingerprint density at radius 3 is 3.06 bits per heavy atom. The van der Waals surface area contributed by atoms with Crippen LogP contribution in [0.1, 0.15) is 29.5 Å². The third-order valence-electron chi connectivity index (χ3n) is 2.97. The summed E-state index contributed by atoms with van der Waals surface area (Å²) in [5.41, 5.74) is 0.753. The molecule has 0 fully saturated rings. The quantitative estimate of drug-likeness (QED) is 0.874. The Labute approximate surface area is 111 Å². The molecule has 0 saturated carbocycles. The lowest BCUT2D eigenvalue weighted by molar-refractivity contribution is 0.151. The highest BCUT2D eigenvalue weighted by molar-refractivity contribution is 7.09. The number of hydrogen-bond donors (Lipinski definition) is 1. The van der Waals surface area contributed by atoms with Gasteiger partial charge in [0.05, 0.1) is 19.4 Å². The standard InChI is InChI=1S/C13H18N2O2S/c1-15-13(12(17-2)9-14-15)11(16)7-3-5-10-6-4-8-18-10/h4,6,8-9,11,16H,3,5,7H2,1-2H3. The van der Waals surface area contributed by atoms with Crippen LogP contribution in [0.5, 0.6) is 5.75 Å². The maximum absolute atomic E-state index is 10.2. The maximum Gasteiger partial charge on any atom is 0.162 e. The molecule has 0 aliphatic carbocycles. The first-order chi connectivity index (χ1) is 8.72. The highest BCUT2D eigenvalue weighted by Crippen LogP contribution is 2.27. The Bertz CT molecular complexity index is 479. The van der Waals surface area contributed by atoms with Crippen LogP contribution in [0.2, 0.25) is 0 Å². The zero-order chi connectivity index (χ0) is 13.0. The monoisotopic (exact) mass is 266 g/mol. The largest absolute Gasteiger partial charge is 0.493 e. The molecule has 2 rings (SSSR count). The molecule has 0 radical (unpaired) electrons. The van der Waals surface area contributed by atoms with Gasteiger partial charge in [-0.25, -0.2) is 0 Å². The number of methoxy groups -OCH3 is 1. The molecule has 0 saturated heterocycles. The Hall–Kier alpha value is -1.33. The molecule has 1 unspecified atom stereocenters. The normalized spacial score (nSPS) is 12.6. The number of aliphatic hydroxyl groups excluding tert-OH is 1. The van der Waals surface area contributed by atoms with E-state index in [4.69, 9.17) is 4.74 Å². The minimum atomic E-state index is -0.521. The molecule has 1 N–H and O–H groups in total. The van der Waals surface area contributed by atoms with Crippen LogP contribution in [-0.4, -0.2) is 22.0 Å². The Balaban J connectivity index is 1.91. The molecule has 0 amide bonds. The minimum absolute atomic E-state index is 0.521. The molecule has 2 aromatic heterocycles. The van der Waals surface area contributed by atoms with Gasteiger partial charge in [0.25, 0.3) is 0 Å². The summed E-state index contributed by atoms with van der Waals surface area (Å²) in [4.78, 5) is 1.36. The van der Waals surface area contributed by atoms with E-state index in [1.807, 2.05) is 7.05 Å². The molecule has 0 spiro atoms. The maximum atomic E-state index is 10.2.